The van der Waals surface area contributed by atoms with Gasteiger partial charge in [0.05, 0.1) is 29.4 Å². The molecular formula is C25H27FN8. The van der Waals surface area contributed by atoms with Gasteiger partial charge in [0.1, 0.15) is 12.0 Å². The van der Waals surface area contributed by atoms with E-state index in [1.807, 2.05) is 35.2 Å². The third-order valence-electron chi connectivity index (χ3n) is 5.94. The normalized spacial score (nSPS) is 18.1. The van der Waals surface area contributed by atoms with Crippen molar-refractivity contribution in [2.24, 2.45) is 10.7 Å². The smallest absolute Gasteiger partial charge is 0.228 e. The number of nitrogens with zero attached hydrogens (tertiary/aromatic N) is 5. The lowest BCUT2D eigenvalue weighted by molar-refractivity contribution is 0.250. The molecule has 1 fully saturated rings. The number of halogens is 1. The molecule has 1 saturated heterocycles. The highest BCUT2D eigenvalue weighted by molar-refractivity contribution is 5.94. The fourth-order valence-corrected chi connectivity index (χ4v) is 4.04. The van der Waals surface area contributed by atoms with Gasteiger partial charge in [0.25, 0.3) is 0 Å². The van der Waals surface area contributed by atoms with Crippen LogP contribution < -0.4 is 21.7 Å². The molecule has 34 heavy (non-hydrogen) atoms. The first-order valence-electron chi connectivity index (χ1n) is 11.0. The van der Waals surface area contributed by atoms with Crippen molar-refractivity contribution in [2.45, 2.75) is 18.6 Å². The minimum absolute atomic E-state index is 0.134. The quantitative estimate of drug-likeness (QED) is 0.395. The van der Waals surface area contributed by atoms with E-state index in [1.54, 1.807) is 32.4 Å². The Hall–Kier alpha value is -4.03. The Labute approximate surface area is 198 Å². The minimum Gasteiger partial charge on any atom is -0.398 e. The standard InChI is InChI=1S/C25H27FN8/c1-30-13-18-11-17(7-8-20(18)28)22-23(16-5-3-15(12-27)4-6-16)32-25(33-24(22)31-2)34-10-9-21(29)19(26)14-34/h3-8,11,13,19,21H,9-10,14,28-29H2,1-2H3,(H,31,32,33). The molecule has 2 atom stereocenters. The SMILES string of the molecule is CN=Cc1cc(-c2c(NC)nc(N3CCC(N)C(F)C3)nc2-c2ccc(C#N)cc2)ccc1N. The summed E-state index contributed by atoms with van der Waals surface area (Å²) in [6, 6.07) is 14.5. The lowest BCUT2D eigenvalue weighted by Gasteiger charge is -2.33. The summed E-state index contributed by atoms with van der Waals surface area (Å²) in [5, 5.41) is 12.4. The van der Waals surface area contributed by atoms with E-state index < -0.39 is 12.2 Å². The maximum Gasteiger partial charge on any atom is 0.228 e. The number of alkyl halides is 1. The van der Waals surface area contributed by atoms with Crippen molar-refractivity contribution in [2.75, 3.05) is 43.1 Å². The number of aliphatic imine (C=N–C) groups is 1. The zero-order valence-corrected chi connectivity index (χ0v) is 19.2. The Balaban J connectivity index is 1.92. The molecule has 8 nitrogen and oxygen atoms in total. The first kappa shape index (κ1) is 23.1. The lowest BCUT2D eigenvalue weighted by atomic mass is 9.97. The number of piperidine rings is 1. The van der Waals surface area contributed by atoms with Gasteiger partial charge < -0.3 is 21.7 Å². The second-order valence-electron chi connectivity index (χ2n) is 8.18. The van der Waals surface area contributed by atoms with Gasteiger partial charge in [-0.3, -0.25) is 4.99 Å². The Morgan fingerprint density at radius 1 is 1.21 bits per heavy atom. The van der Waals surface area contributed by atoms with E-state index in [2.05, 4.69) is 16.4 Å². The molecule has 4 rings (SSSR count). The van der Waals surface area contributed by atoms with Gasteiger partial charge in [-0.05, 0) is 36.2 Å². The van der Waals surface area contributed by atoms with Crippen molar-refractivity contribution >= 4 is 23.7 Å². The molecule has 0 saturated carbocycles. The summed E-state index contributed by atoms with van der Waals surface area (Å²) in [6.07, 6.45) is 1.07. The van der Waals surface area contributed by atoms with Gasteiger partial charge in [0.15, 0.2) is 0 Å². The average molecular weight is 459 g/mol. The summed E-state index contributed by atoms with van der Waals surface area (Å²) >= 11 is 0. The van der Waals surface area contributed by atoms with Crippen LogP contribution in [0.5, 0.6) is 0 Å². The Bertz CT molecular complexity index is 1250. The van der Waals surface area contributed by atoms with Crippen LogP contribution in [0.1, 0.15) is 17.5 Å². The highest BCUT2D eigenvalue weighted by Gasteiger charge is 2.29. The van der Waals surface area contributed by atoms with E-state index in [0.717, 1.165) is 22.3 Å². The molecule has 1 aliphatic rings. The van der Waals surface area contributed by atoms with Gasteiger partial charge in [-0.15, -0.1) is 0 Å². The van der Waals surface area contributed by atoms with E-state index in [0.29, 0.717) is 41.7 Å². The van der Waals surface area contributed by atoms with Crippen LogP contribution in [0.2, 0.25) is 0 Å². The minimum atomic E-state index is -1.15. The molecular weight excluding hydrogens is 431 g/mol. The number of aromatic nitrogens is 2. The van der Waals surface area contributed by atoms with E-state index in [4.69, 9.17) is 21.4 Å². The Kier molecular flexibility index (Phi) is 6.70. The van der Waals surface area contributed by atoms with Gasteiger partial charge in [0.2, 0.25) is 5.95 Å². The van der Waals surface area contributed by atoms with E-state index >= 15 is 0 Å². The van der Waals surface area contributed by atoms with Crippen molar-refractivity contribution in [3.8, 4) is 28.5 Å². The van der Waals surface area contributed by atoms with Crippen LogP contribution in [-0.4, -0.2) is 55.6 Å². The largest absolute Gasteiger partial charge is 0.398 e. The van der Waals surface area contributed by atoms with Gasteiger partial charge in [0, 0.05) is 49.7 Å². The molecule has 0 spiro atoms. The van der Waals surface area contributed by atoms with Crippen LogP contribution in [-0.2, 0) is 0 Å². The number of nitriles is 1. The third kappa shape index (κ3) is 4.54. The van der Waals surface area contributed by atoms with E-state index in [-0.39, 0.29) is 6.54 Å². The molecule has 0 radical (unpaired) electrons. The highest BCUT2D eigenvalue weighted by Crippen LogP contribution is 2.38. The van der Waals surface area contributed by atoms with Gasteiger partial charge >= 0.3 is 0 Å². The number of rotatable bonds is 5. The molecule has 5 N–H and O–H groups in total. The summed E-state index contributed by atoms with van der Waals surface area (Å²) in [6.45, 7) is 0.700. The summed E-state index contributed by atoms with van der Waals surface area (Å²) in [5.74, 6) is 1.02. The summed E-state index contributed by atoms with van der Waals surface area (Å²) in [5.41, 5.74) is 17.0. The van der Waals surface area contributed by atoms with Crippen LogP contribution in [0.4, 0.5) is 21.8 Å². The molecule has 2 aromatic carbocycles. The predicted molar refractivity (Wildman–Crippen MR) is 135 cm³/mol. The summed E-state index contributed by atoms with van der Waals surface area (Å²) in [4.78, 5) is 15.6. The molecule has 0 amide bonds. The zero-order chi connectivity index (χ0) is 24.2. The summed E-state index contributed by atoms with van der Waals surface area (Å²) in [7, 11) is 3.47. The predicted octanol–water partition coefficient (Wildman–Crippen LogP) is 3.23. The van der Waals surface area contributed by atoms with Crippen LogP contribution in [0.3, 0.4) is 0 Å². The molecule has 1 aliphatic heterocycles. The molecule has 3 aromatic rings. The number of benzene rings is 2. The van der Waals surface area contributed by atoms with Crippen LogP contribution in [0, 0.1) is 11.3 Å². The number of nitrogen functional groups attached to an aromatic ring is 1. The molecule has 1 aromatic heterocycles. The second-order valence-corrected chi connectivity index (χ2v) is 8.18. The Morgan fingerprint density at radius 3 is 2.59 bits per heavy atom. The lowest BCUT2D eigenvalue weighted by Crippen LogP contribution is -2.49. The van der Waals surface area contributed by atoms with Crippen molar-refractivity contribution in [1.29, 1.82) is 5.26 Å². The third-order valence-corrected chi connectivity index (χ3v) is 5.94. The first-order chi connectivity index (χ1) is 16.4. The van der Waals surface area contributed by atoms with Crippen LogP contribution in [0.15, 0.2) is 47.5 Å². The summed E-state index contributed by atoms with van der Waals surface area (Å²) < 4.78 is 14.4. The monoisotopic (exact) mass is 458 g/mol. The number of anilines is 3. The van der Waals surface area contributed by atoms with Crippen molar-refractivity contribution in [3.05, 3.63) is 53.6 Å². The number of hydrogen-bond donors (Lipinski definition) is 3. The van der Waals surface area contributed by atoms with Crippen molar-refractivity contribution < 1.29 is 4.39 Å². The fraction of sp³-hybridized carbons (Fsp3) is 0.280. The number of nitrogens with one attached hydrogen (secondary N) is 1. The first-order valence-corrected chi connectivity index (χ1v) is 11.0. The van der Waals surface area contributed by atoms with E-state index in [9.17, 15) is 9.65 Å². The number of hydrogen-bond acceptors (Lipinski definition) is 8. The van der Waals surface area contributed by atoms with Crippen molar-refractivity contribution in [3.63, 3.8) is 0 Å². The zero-order valence-electron chi connectivity index (χ0n) is 19.2. The Morgan fingerprint density at radius 2 is 1.94 bits per heavy atom. The fourth-order valence-electron chi connectivity index (χ4n) is 4.04. The van der Waals surface area contributed by atoms with Crippen molar-refractivity contribution in [1.82, 2.24) is 9.97 Å². The van der Waals surface area contributed by atoms with Gasteiger partial charge in [-0.1, -0.05) is 18.2 Å². The van der Waals surface area contributed by atoms with Crippen LogP contribution >= 0.6 is 0 Å². The highest BCUT2D eigenvalue weighted by atomic mass is 19.1. The molecule has 2 unspecified atom stereocenters. The maximum atomic E-state index is 14.4. The molecule has 0 aliphatic carbocycles. The molecule has 9 heteroatoms. The second kappa shape index (κ2) is 9.85. The molecule has 0 bridgehead atoms. The van der Waals surface area contributed by atoms with Gasteiger partial charge in [-0.2, -0.15) is 10.2 Å². The maximum absolute atomic E-state index is 14.4. The molecule has 174 valence electrons. The number of nitrogens with two attached hydrogens (primary N) is 2. The molecule has 2 heterocycles. The average Bonchev–Trinajstić information content (AvgIpc) is 2.86. The topological polar surface area (TPSA) is 129 Å². The van der Waals surface area contributed by atoms with Gasteiger partial charge in [-0.25, -0.2) is 9.37 Å². The van der Waals surface area contributed by atoms with Crippen LogP contribution in [0.25, 0.3) is 22.4 Å². The van der Waals surface area contributed by atoms with E-state index in [1.165, 1.54) is 0 Å².